The molecule has 0 bridgehead atoms. The molecule has 1 heterocycles. The largest absolute Gasteiger partial charge is 0.493 e. The zero-order valence-corrected chi connectivity index (χ0v) is 16.5. The van der Waals surface area contributed by atoms with E-state index in [0.717, 1.165) is 43.3 Å². The Balaban J connectivity index is 1.47. The van der Waals surface area contributed by atoms with Crippen molar-refractivity contribution >= 4 is 11.9 Å². The highest BCUT2D eigenvalue weighted by molar-refractivity contribution is 5.94. The van der Waals surface area contributed by atoms with Gasteiger partial charge in [0.15, 0.2) is 5.96 Å². The number of carbonyl (C=O) groups is 1. The number of aliphatic imine (C=N–C) groups is 1. The highest BCUT2D eigenvalue weighted by atomic mass is 16.5. The van der Waals surface area contributed by atoms with Gasteiger partial charge in [0.05, 0.1) is 6.61 Å². The SMILES string of the molecule is CCNC(=O)c1cccc(CNC(=NC)NCCc2ccc3c(c2)CCO3)c1. The summed E-state index contributed by atoms with van der Waals surface area (Å²) in [6, 6.07) is 14.0. The van der Waals surface area contributed by atoms with E-state index in [-0.39, 0.29) is 5.91 Å². The van der Waals surface area contributed by atoms with Crippen molar-refractivity contribution in [2.45, 2.75) is 26.3 Å². The number of ether oxygens (including phenoxy) is 1. The third kappa shape index (κ3) is 5.25. The zero-order valence-electron chi connectivity index (χ0n) is 16.5. The molecule has 3 N–H and O–H groups in total. The number of amides is 1. The Morgan fingerprint density at radius 1 is 1.11 bits per heavy atom. The van der Waals surface area contributed by atoms with Crippen LogP contribution in [0.25, 0.3) is 0 Å². The molecular formula is C22H28N4O2. The van der Waals surface area contributed by atoms with Crippen LogP contribution in [0.5, 0.6) is 5.75 Å². The van der Waals surface area contributed by atoms with E-state index in [2.05, 4.69) is 39.1 Å². The number of guanidine groups is 1. The number of benzene rings is 2. The summed E-state index contributed by atoms with van der Waals surface area (Å²) in [5.74, 6) is 1.71. The van der Waals surface area contributed by atoms with Crippen molar-refractivity contribution < 1.29 is 9.53 Å². The van der Waals surface area contributed by atoms with Gasteiger partial charge in [-0.3, -0.25) is 9.79 Å². The highest BCUT2D eigenvalue weighted by Crippen LogP contribution is 2.25. The normalized spacial score (nSPS) is 12.9. The van der Waals surface area contributed by atoms with E-state index in [1.807, 2.05) is 31.2 Å². The Labute approximate surface area is 166 Å². The molecule has 1 amide bonds. The van der Waals surface area contributed by atoms with Crippen LogP contribution in [-0.4, -0.2) is 38.6 Å². The summed E-state index contributed by atoms with van der Waals surface area (Å²) >= 11 is 0. The smallest absolute Gasteiger partial charge is 0.251 e. The molecule has 0 fully saturated rings. The Hall–Kier alpha value is -3.02. The van der Waals surface area contributed by atoms with Gasteiger partial charge in [-0.25, -0.2) is 0 Å². The molecule has 1 aliphatic rings. The third-order valence-corrected chi connectivity index (χ3v) is 4.67. The fourth-order valence-electron chi connectivity index (χ4n) is 3.21. The second-order valence-corrected chi connectivity index (χ2v) is 6.70. The van der Waals surface area contributed by atoms with Gasteiger partial charge in [0.25, 0.3) is 5.91 Å². The first-order valence-corrected chi connectivity index (χ1v) is 9.76. The van der Waals surface area contributed by atoms with Crippen molar-refractivity contribution in [3.63, 3.8) is 0 Å². The lowest BCUT2D eigenvalue weighted by atomic mass is 10.1. The maximum atomic E-state index is 12.0. The van der Waals surface area contributed by atoms with E-state index < -0.39 is 0 Å². The molecule has 6 heteroatoms. The van der Waals surface area contributed by atoms with Crippen molar-refractivity contribution in [1.82, 2.24) is 16.0 Å². The van der Waals surface area contributed by atoms with Crippen LogP contribution in [0, 0.1) is 0 Å². The minimum Gasteiger partial charge on any atom is -0.493 e. The fraction of sp³-hybridized carbons (Fsp3) is 0.364. The maximum Gasteiger partial charge on any atom is 0.251 e. The van der Waals surface area contributed by atoms with Gasteiger partial charge in [0.2, 0.25) is 0 Å². The number of nitrogens with one attached hydrogen (secondary N) is 3. The summed E-state index contributed by atoms with van der Waals surface area (Å²) in [7, 11) is 1.76. The first-order chi connectivity index (χ1) is 13.7. The van der Waals surface area contributed by atoms with E-state index >= 15 is 0 Å². The van der Waals surface area contributed by atoms with Crippen LogP contribution in [-0.2, 0) is 19.4 Å². The molecule has 0 spiro atoms. The van der Waals surface area contributed by atoms with Crippen molar-refractivity contribution in [3.05, 3.63) is 64.7 Å². The monoisotopic (exact) mass is 380 g/mol. The van der Waals surface area contributed by atoms with Gasteiger partial charge in [-0.1, -0.05) is 24.3 Å². The van der Waals surface area contributed by atoms with Crippen LogP contribution in [0.2, 0.25) is 0 Å². The minimum absolute atomic E-state index is 0.0494. The quantitative estimate of drug-likeness (QED) is 0.509. The van der Waals surface area contributed by atoms with Gasteiger partial charge >= 0.3 is 0 Å². The number of hydrogen-bond acceptors (Lipinski definition) is 3. The van der Waals surface area contributed by atoms with Gasteiger partial charge in [0, 0.05) is 38.7 Å². The second kappa shape index (κ2) is 9.78. The zero-order chi connectivity index (χ0) is 19.8. The molecular weight excluding hydrogens is 352 g/mol. The van der Waals surface area contributed by atoms with E-state index in [1.165, 1.54) is 11.1 Å². The lowest BCUT2D eigenvalue weighted by molar-refractivity contribution is 0.0955. The van der Waals surface area contributed by atoms with Crippen LogP contribution >= 0.6 is 0 Å². The molecule has 6 nitrogen and oxygen atoms in total. The number of rotatable bonds is 7. The summed E-state index contributed by atoms with van der Waals surface area (Å²) in [6.45, 7) is 4.71. The molecule has 1 aliphatic heterocycles. The highest BCUT2D eigenvalue weighted by Gasteiger charge is 2.11. The second-order valence-electron chi connectivity index (χ2n) is 6.70. The fourth-order valence-corrected chi connectivity index (χ4v) is 3.21. The van der Waals surface area contributed by atoms with Crippen LogP contribution < -0.4 is 20.7 Å². The minimum atomic E-state index is -0.0494. The molecule has 0 saturated carbocycles. The van der Waals surface area contributed by atoms with Crippen molar-refractivity contribution in [2.24, 2.45) is 4.99 Å². The third-order valence-electron chi connectivity index (χ3n) is 4.67. The molecule has 0 aliphatic carbocycles. The van der Waals surface area contributed by atoms with Crippen LogP contribution in [0.3, 0.4) is 0 Å². The first-order valence-electron chi connectivity index (χ1n) is 9.76. The van der Waals surface area contributed by atoms with Crippen LogP contribution in [0.1, 0.15) is 34.0 Å². The van der Waals surface area contributed by atoms with Gasteiger partial charge in [-0.05, 0) is 48.2 Å². The molecule has 0 aromatic heterocycles. The van der Waals surface area contributed by atoms with Gasteiger partial charge < -0.3 is 20.7 Å². The van der Waals surface area contributed by atoms with Gasteiger partial charge in [-0.2, -0.15) is 0 Å². The predicted molar refractivity (Wildman–Crippen MR) is 112 cm³/mol. The molecule has 2 aromatic carbocycles. The van der Waals surface area contributed by atoms with Crippen molar-refractivity contribution in [2.75, 3.05) is 26.7 Å². The Morgan fingerprint density at radius 3 is 2.82 bits per heavy atom. The lowest BCUT2D eigenvalue weighted by Gasteiger charge is -2.13. The predicted octanol–water partition coefficient (Wildman–Crippen LogP) is 2.28. The molecule has 0 unspecified atom stereocenters. The molecule has 3 rings (SSSR count). The van der Waals surface area contributed by atoms with Gasteiger partial charge in [-0.15, -0.1) is 0 Å². The van der Waals surface area contributed by atoms with E-state index in [1.54, 1.807) is 7.05 Å². The number of fused-ring (bicyclic) bond motifs is 1. The first kappa shape index (κ1) is 19.7. The summed E-state index contributed by atoms with van der Waals surface area (Å²) in [5.41, 5.74) is 4.30. The van der Waals surface area contributed by atoms with Crippen LogP contribution in [0.15, 0.2) is 47.5 Å². The maximum absolute atomic E-state index is 12.0. The van der Waals surface area contributed by atoms with Crippen LogP contribution in [0.4, 0.5) is 0 Å². The molecule has 0 radical (unpaired) electrons. The Bertz CT molecular complexity index is 848. The van der Waals surface area contributed by atoms with E-state index in [4.69, 9.17) is 4.74 Å². The number of nitrogens with zero attached hydrogens (tertiary/aromatic N) is 1. The molecule has 0 saturated heterocycles. The average Bonchev–Trinajstić information content (AvgIpc) is 3.19. The molecule has 28 heavy (non-hydrogen) atoms. The Morgan fingerprint density at radius 2 is 2.00 bits per heavy atom. The summed E-state index contributed by atoms with van der Waals surface area (Å²) in [5, 5.41) is 9.46. The molecule has 148 valence electrons. The summed E-state index contributed by atoms with van der Waals surface area (Å²) in [6.07, 6.45) is 1.91. The lowest BCUT2D eigenvalue weighted by Crippen LogP contribution is -2.37. The molecule has 0 atom stereocenters. The Kier molecular flexibility index (Phi) is 6.89. The van der Waals surface area contributed by atoms with Gasteiger partial charge in [0.1, 0.15) is 5.75 Å². The summed E-state index contributed by atoms with van der Waals surface area (Å²) < 4.78 is 5.55. The number of carbonyl (C=O) groups excluding carboxylic acids is 1. The summed E-state index contributed by atoms with van der Waals surface area (Å²) in [4.78, 5) is 16.2. The van der Waals surface area contributed by atoms with E-state index in [9.17, 15) is 4.79 Å². The van der Waals surface area contributed by atoms with E-state index in [0.29, 0.717) is 18.7 Å². The van der Waals surface area contributed by atoms with Crippen molar-refractivity contribution in [1.29, 1.82) is 0 Å². The topological polar surface area (TPSA) is 74.8 Å². The number of hydrogen-bond donors (Lipinski definition) is 3. The molecule has 2 aromatic rings. The average molecular weight is 380 g/mol. The standard InChI is InChI=1S/C22H28N4O2/c1-3-24-21(27)19-6-4-5-17(14-19)15-26-22(23-2)25-11-9-16-7-8-20-18(13-16)10-12-28-20/h4-8,13-14H,3,9-12,15H2,1-2H3,(H,24,27)(H2,23,25,26). The van der Waals surface area contributed by atoms with Crippen molar-refractivity contribution in [3.8, 4) is 5.75 Å².